The summed E-state index contributed by atoms with van der Waals surface area (Å²) in [7, 11) is -2.43. The largest absolute Gasteiger partial charge is 0.396 e. The highest BCUT2D eigenvalue weighted by atomic mass is 35.5. The van der Waals surface area contributed by atoms with E-state index in [0.29, 0.717) is 6.42 Å². The predicted molar refractivity (Wildman–Crippen MR) is 83.1 cm³/mol. The number of nitrogens with one attached hydrogen (secondary N) is 1. The first-order valence-corrected chi connectivity index (χ1v) is 8.61. The highest BCUT2D eigenvalue weighted by Crippen LogP contribution is 2.22. The summed E-state index contributed by atoms with van der Waals surface area (Å²) in [5.41, 5.74) is 0.132. The van der Waals surface area contributed by atoms with Crippen LogP contribution in [0.15, 0.2) is 30.4 Å². The van der Waals surface area contributed by atoms with Gasteiger partial charge in [0.15, 0.2) is 0 Å². The summed E-state index contributed by atoms with van der Waals surface area (Å²) in [6.07, 6.45) is 3.99. The smallest absolute Gasteiger partial charge is 0.280 e. The molecule has 22 heavy (non-hydrogen) atoms. The summed E-state index contributed by atoms with van der Waals surface area (Å²) in [5.74, 6) is -0.588. The van der Waals surface area contributed by atoms with Gasteiger partial charge in [0, 0.05) is 42.7 Å². The Morgan fingerprint density at radius 3 is 2.77 bits per heavy atom. The van der Waals surface area contributed by atoms with Gasteiger partial charge in [-0.1, -0.05) is 29.8 Å². The van der Waals surface area contributed by atoms with E-state index in [1.165, 1.54) is 25.2 Å². The van der Waals surface area contributed by atoms with Gasteiger partial charge < -0.3 is 5.11 Å². The molecule has 0 bridgehead atoms. The Morgan fingerprint density at radius 2 is 2.18 bits per heavy atom. The number of halogens is 2. The molecule has 2 N–H and O–H groups in total. The molecular weight excluding hydrogens is 331 g/mol. The Labute approximate surface area is 134 Å². The van der Waals surface area contributed by atoms with E-state index in [9.17, 15) is 12.8 Å². The first-order chi connectivity index (χ1) is 10.3. The fourth-order valence-electron chi connectivity index (χ4n) is 2.27. The molecule has 0 spiro atoms. The Morgan fingerprint density at radius 1 is 1.45 bits per heavy atom. The molecule has 0 radical (unpaired) electrons. The van der Waals surface area contributed by atoms with Crippen LogP contribution in [0, 0.1) is 11.7 Å². The molecule has 5 nitrogen and oxygen atoms in total. The number of hydrogen-bond donors (Lipinski definition) is 2. The number of hydrogen-bond acceptors (Lipinski definition) is 3. The molecule has 122 valence electrons. The third-order valence-electron chi connectivity index (χ3n) is 3.56. The second-order valence-corrected chi connectivity index (χ2v) is 7.47. The molecule has 0 unspecified atom stereocenters. The Kier molecular flexibility index (Phi) is 5.57. The monoisotopic (exact) mass is 348 g/mol. The maximum atomic E-state index is 13.7. The number of aliphatic hydroxyl groups is 1. The van der Waals surface area contributed by atoms with Gasteiger partial charge in [0.05, 0.1) is 0 Å². The van der Waals surface area contributed by atoms with Crippen molar-refractivity contribution >= 4 is 21.8 Å². The molecule has 1 aliphatic carbocycles. The topological polar surface area (TPSA) is 69.6 Å². The van der Waals surface area contributed by atoms with Crippen LogP contribution in [-0.2, 0) is 16.8 Å². The summed E-state index contributed by atoms with van der Waals surface area (Å²) in [6.45, 7) is -0.184. The lowest BCUT2D eigenvalue weighted by atomic mass is 10.1. The highest BCUT2D eigenvalue weighted by Gasteiger charge is 2.26. The summed E-state index contributed by atoms with van der Waals surface area (Å²) < 4.78 is 41.8. The standard InChI is InChI=1S/C14H18ClFN2O3S/c1-18(8-12-13(15)3-2-4-14(12)16)22(20,21)17-11-6-5-10(7-11)9-19/h2-6,10-11,17,19H,7-9H2,1H3/t10-,11+/m0/s1. The number of rotatable bonds is 6. The zero-order valence-electron chi connectivity index (χ0n) is 12.0. The Bertz CT molecular complexity index is 646. The van der Waals surface area contributed by atoms with Gasteiger partial charge in [-0.25, -0.2) is 4.39 Å². The lowest BCUT2D eigenvalue weighted by molar-refractivity contribution is 0.248. The highest BCUT2D eigenvalue weighted by molar-refractivity contribution is 7.87. The van der Waals surface area contributed by atoms with Gasteiger partial charge in [-0.2, -0.15) is 17.4 Å². The zero-order valence-corrected chi connectivity index (χ0v) is 13.6. The van der Waals surface area contributed by atoms with Crippen LogP contribution in [0.4, 0.5) is 4.39 Å². The second kappa shape index (κ2) is 7.06. The average molecular weight is 349 g/mol. The van der Waals surface area contributed by atoms with E-state index in [4.69, 9.17) is 16.7 Å². The minimum Gasteiger partial charge on any atom is -0.396 e. The SMILES string of the molecule is CN(Cc1c(F)cccc1Cl)S(=O)(=O)N[C@@H]1C=C[C@H](CO)C1. The van der Waals surface area contributed by atoms with E-state index in [-0.39, 0.29) is 35.7 Å². The minimum absolute atomic E-state index is 0.0185. The van der Waals surface area contributed by atoms with Crippen LogP contribution in [0.2, 0.25) is 5.02 Å². The van der Waals surface area contributed by atoms with Crippen molar-refractivity contribution in [1.82, 2.24) is 9.03 Å². The predicted octanol–water partition coefficient (Wildman–Crippen LogP) is 1.68. The quantitative estimate of drug-likeness (QED) is 0.768. The molecule has 0 aromatic heterocycles. The van der Waals surface area contributed by atoms with Crippen LogP contribution in [0.1, 0.15) is 12.0 Å². The maximum absolute atomic E-state index is 13.7. The molecule has 0 amide bonds. The molecule has 0 heterocycles. The van der Waals surface area contributed by atoms with Crippen molar-refractivity contribution in [3.8, 4) is 0 Å². The first-order valence-electron chi connectivity index (χ1n) is 6.79. The normalized spacial score (nSPS) is 21.7. The Hall–Kier alpha value is -0.990. The van der Waals surface area contributed by atoms with Crippen molar-refractivity contribution < 1.29 is 17.9 Å². The van der Waals surface area contributed by atoms with Gasteiger partial charge in [0.1, 0.15) is 5.82 Å². The molecule has 1 aromatic rings. The lowest BCUT2D eigenvalue weighted by Gasteiger charge is -2.21. The summed E-state index contributed by atoms with van der Waals surface area (Å²) >= 11 is 5.91. The van der Waals surface area contributed by atoms with Crippen molar-refractivity contribution in [3.05, 3.63) is 46.8 Å². The summed E-state index contributed by atoms with van der Waals surface area (Å²) in [6, 6.07) is 3.84. The number of benzene rings is 1. The molecule has 0 aliphatic heterocycles. The molecular formula is C14H18ClFN2O3S. The van der Waals surface area contributed by atoms with Crippen molar-refractivity contribution in [2.75, 3.05) is 13.7 Å². The van der Waals surface area contributed by atoms with Gasteiger partial charge in [-0.05, 0) is 18.6 Å². The van der Waals surface area contributed by atoms with Crippen molar-refractivity contribution in [2.45, 2.75) is 19.0 Å². The van der Waals surface area contributed by atoms with Crippen LogP contribution >= 0.6 is 11.6 Å². The molecule has 1 aliphatic rings. The van der Waals surface area contributed by atoms with E-state index >= 15 is 0 Å². The van der Waals surface area contributed by atoms with Crippen LogP contribution in [-0.4, -0.2) is 37.5 Å². The molecule has 2 rings (SSSR count). The zero-order chi connectivity index (χ0) is 16.3. The Balaban J connectivity index is 2.05. The molecule has 0 saturated heterocycles. The number of nitrogens with zero attached hydrogens (tertiary/aromatic N) is 1. The van der Waals surface area contributed by atoms with Gasteiger partial charge in [-0.15, -0.1) is 0 Å². The summed E-state index contributed by atoms with van der Waals surface area (Å²) in [4.78, 5) is 0. The van der Waals surface area contributed by atoms with E-state index in [1.54, 1.807) is 12.2 Å². The second-order valence-electron chi connectivity index (χ2n) is 5.25. The van der Waals surface area contributed by atoms with Crippen LogP contribution in [0.3, 0.4) is 0 Å². The fraction of sp³-hybridized carbons (Fsp3) is 0.429. The number of aliphatic hydroxyl groups excluding tert-OH is 1. The summed E-state index contributed by atoms with van der Waals surface area (Å²) in [5, 5.41) is 9.24. The van der Waals surface area contributed by atoms with E-state index < -0.39 is 16.0 Å². The van der Waals surface area contributed by atoms with Gasteiger partial charge >= 0.3 is 0 Å². The molecule has 1 aromatic carbocycles. The van der Waals surface area contributed by atoms with Gasteiger partial charge in [-0.3, -0.25) is 0 Å². The minimum atomic E-state index is -3.78. The van der Waals surface area contributed by atoms with Crippen LogP contribution < -0.4 is 4.72 Å². The van der Waals surface area contributed by atoms with Gasteiger partial charge in [0.25, 0.3) is 10.2 Å². The van der Waals surface area contributed by atoms with Crippen LogP contribution in [0.5, 0.6) is 0 Å². The molecule has 0 fully saturated rings. The molecule has 2 atom stereocenters. The van der Waals surface area contributed by atoms with E-state index in [0.717, 1.165) is 4.31 Å². The van der Waals surface area contributed by atoms with Gasteiger partial charge in [0.2, 0.25) is 0 Å². The van der Waals surface area contributed by atoms with Crippen molar-refractivity contribution in [3.63, 3.8) is 0 Å². The van der Waals surface area contributed by atoms with Crippen molar-refractivity contribution in [2.24, 2.45) is 5.92 Å². The third kappa shape index (κ3) is 4.05. The third-order valence-corrected chi connectivity index (χ3v) is 5.46. The maximum Gasteiger partial charge on any atom is 0.280 e. The molecule has 8 heteroatoms. The van der Waals surface area contributed by atoms with E-state index in [2.05, 4.69) is 4.72 Å². The average Bonchev–Trinajstić information content (AvgIpc) is 2.89. The lowest BCUT2D eigenvalue weighted by Crippen LogP contribution is -2.42. The van der Waals surface area contributed by atoms with Crippen molar-refractivity contribution in [1.29, 1.82) is 0 Å². The van der Waals surface area contributed by atoms with Crippen LogP contribution in [0.25, 0.3) is 0 Å². The molecule has 0 saturated carbocycles. The van der Waals surface area contributed by atoms with E-state index in [1.807, 2.05) is 0 Å². The first kappa shape index (κ1) is 17.4. The fourth-order valence-corrected chi connectivity index (χ4v) is 3.53.